The van der Waals surface area contributed by atoms with E-state index in [1.165, 1.54) is 20.8 Å². The summed E-state index contributed by atoms with van der Waals surface area (Å²) in [6.45, 7) is 3.38. The summed E-state index contributed by atoms with van der Waals surface area (Å²) < 4.78 is 19.7. The fraction of sp³-hybridized carbons (Fsp3) is 0.750. The van der Waals surface area contributed by atoms with Gasteiger partial charge in [0.05, 0.1) is 0 Å². The summed E-state index contributed by atoms with van der Waals surface area (Å²) in [5.74, 6) is -1.73. The van der Waals surface area contributed by atoms with Crippen LogP contribution in [0.2, 0.25) is 0 Å². The molecule has 0 spiro atoms. The third-order valence-corrected chi connectivity index (χ3v) is 3.97. The molecule has 21 heavy (non-hydrogen) atoms. The van der Waals surface area contributed by atoms with Crippen molar-refractivity contribution in [1.82, 2.24) is 0 Å². The van der Waals surface area contributed by atoms with Gasteiger partial charge in [-0.2, -0.15) is 0 Å². The Kier molecular flexibility index (Phi) is 6.81. The van der Waals surface area contributed by atoms with E-state index < -0.39 is 46.4 Å². The number of halogens is 1. The number of carbonyl (C=O) groups is 3. The average molecular weight is 416 g/mol. The molecular weight excluding hydrogens is 399 g/mol. The molecule has 120 valence electrons. The number of rotatable bonds is 4. The summed E-state index contributed by atoms with van der Waals surface area (Å²) in [6.07, 6.45) is -4.06. The van der Waals surface area contributed by atoms with Crippen LogP contribution in [-0.2, 0) is 33.3 Å². The van der Waals surface area contributed by atoms with E-state index in [1.807, 2.05) is 22.6 Å². The average Bonchev–Trinajstić information content (AvgIpc) is 2.35. The standard InChI is InChI=1S/C12H17IO8/c1-5(14)18-4-8-10(19-6(2)15)11(20-7(3)16)9(13)12(17)21-8/h8-12,17H,4H2,1-3H3/t8-,9-,10+,11-,12+/m1/s1. The molecule has 0 aromatic rings. The molecule has 1 aliphatic heterocycles. The van der Waals surface area contributed by atoms with Crippen molar-refractivity contribution in [3.63, 3.8) is 0 Å². The van der Waals surface area contributed by atoms with Gasteiger partial charge in [-0.3, -0.25) is 14.4 Å². The van der Waals surface area contributed by atoms with Gasteiger partial charge in [0.2, 0.25) is 0 Å². The van der Waals surface area contributed by atoms with E-state index >= 15 is 0 Å². The molecule has 0 bridgehead atoms. The van der Waals surface area contributed by atoms with E-state index in [-0.39, 0.29) is 6.61 Å². The molecule has 1 rings (SSSR count). The lowest BCUT2D eigenvalue weighted by Crippen LogP contribution is -2.59. The first kappa shape index (κ1) is 18.1. The zero-order valence-electron chi connectivity index (χ0n) is 11.8. The molecule has 0 saturated carbocycles. The van der Waals surface area contributed by atoms with Crippen molar-refractivity contribution >= 4 is 40.5 Å². The van der Waals surface area contributed by atoms with Crippen molar-refractivity contribution in [3.05, 3.63) is 0 Å². The first-order valence-electron chi connectivity index (χ1n) is 6.17. The minimum absolute atomic E-state index is 0.231. The third kappa shape index (κ3) is 5.40. The van der Waals surface area contributed by atoms with Crippen LogP contribution in [0.25, 0.3) is 0 Å². The predicted molar refractivity (Wildman–Crippen MR) is 76.4 cm³/mol. The normalized spacial score (nSPS) is 32.1. The summed E-state index contributed by atoms with van der Waals surface area (Å²) in [5, 5.41) is 9.85. The number of aliphatic hydroxyl groups excluding tert-OH is 1. The summed E-state index contributed by atoms with van der Waals surface area (Å²) in [7, 11) is 0. The lowest BCUT2D eigenvalue weighted by atomic mass is 10.0. The van der Waals surface area contributed by atoms with Gasteiger partial charge in [0, 0.05) is 20.8 Å². The van der Waals surface area contributed by atoms with Crippen LogP contribution in [0, 0.1) is 0 Å². The van der Waals surface area contributed by atoms with Crippen molar-refractivity contribution in [2.75, 3.05) is 6.61 Å². The first-order chi connectivity index (χ1) is 9.72. The molecule has 1 N–H and O–H groups in total. The fourth-order valence-corrected chi connectivity index (χ4v) is 2.60. The van der Waals surface area contributed by atoms with E-state index in [0.29, 0.717) is 0 Å². The lowest BCUT2D eigenvalue weighted by Gasteiger charge is -2.41. The van der Waals surface area contributed by atoms with Gasteiger partial charge < -0.3 is 24.1 Å². The molecule has 0 radical (unpaired) electrons. The third-order valence-electron chi connectivity index (χ3n) is 2.65. The van der Waals surface area contributed by atoms with Crippen LogP contribution < -0.4 is 0 Å². The number of aliphatic hydroxyl groups is 1. The smallest absolute Gasteiger partial charge is 0.303 e. The second-order valence-corrected chi connectivity index (χ2v) is 5.90. The maximum absolute atomic E-state index is 11.2. The van der Waals surface area contributed by atoms with Gasteiger partial charge >= 0.3 is 17.9 Å². The SMILES string of the molecule is CC(=O)OC[C@H]1O[C@H](O)[C@H](I)[C@@H](OC(C)=O)[C@H]1OC(C)=O. The Labute approximate surface area is 135 Å². The van der Waals surface area contributed by atoms with Crippen molar-refractivity contribution in [1.29, 1.82) is 0 Å². The van der Waals surface area contributed by atoms with Gasteiger partial charge in [-0.25, -0.2) is 0 Å². The molecule has 1 saturated heterocycles. The maximum atomic E-state index is 11.2. The molecule has 5 atom stereocenters. The Hall–Kier alpha value is -0.940. The number of alkyl halides is 1. The van der Waals surface area contributed by atoms with Crippen LogP contribution in [0.3, 0.4) is 0 Å². The Balaban J connectivity index is 2.94. The Morgan fingerprint density at radius 1 is 1.05 bits per heavy atom. The van der Waals surface area contributed by atoms with Crippen LogP contribution in [-0.4, -0.2) is 58.1 Å². The molecule has 0 unspecified atom stereocenters. The van der Waals surface area contributed by atoms with E-state index in [2.05, 4.69) is 0 Å². The molecule has 1 aliphatic rings. The summed E-state index contributed by atoms with van der Waals surface area (Å²) in [4.78, 5) is 33.3. The molecule has 1 fully saturated rings. The molecule has 0 amide bonds. The van der Waals surface area contributed by atoms with Crippen molar-refractivity contribution in [2.45, 2.75) is 49.3 Å². The zero-order chi connectivity index (χ0) is 16.2. The Morgan fingerprint density at radius 2 is 1.57 bits per heavy atom. The van der Waals surface area contributed by atoms with Gasteiger partial charge in [0.1, 0.15) is 16.6 Å². The highest BCUT2D eigenvalue weighted by Gasteiger charge is 2.48. The number of hydrogen-bond donors (Lipinski definition) is 1. The predicted octanol–water partition coefficient (Wildman–Crippen LogP) is -0.0663. The van der Waals surface area contributed by atoms with Crippen LogP contribution in [0.15, 0.2) is 0 Å². The lowest BCUT2D eigenvalue weighted by molar-refractivity contribution is -0.246. The van der Waals surface area contributed by atoms with Crippen LogP contribution in [0.5, 0.6) is 0 Å². The van der Waals surface area contributed by atoms with Crippen molar-refractivity contribution in [2.24, 2.45) is 0 Å². The maximum Gasteiger partial charge on any atom is 0.303 e. The number of esters is 3. The molecular formula is C12H17IO8. The monoisotopic (exact) mass is 416 g/mol. The van der Waals surface area contributed by atoms with E-state index in [0.717, 1.165) is 0 Å². The quantitative estimate of drug-likeness (QED) is 0.294. The zero-order valence-corrected chi connectivity index (χ0v) is 13.9. The highest BCUT2D eigenvalue weighted by molar-refractivity contribution is 14.1. The van der Waals surface area contributed by atoms with Gasteiger partial charge in [0.15, 0.2) is 18.5 Å². The summed E-state index contributed by atoms with van der Waals surface area (Å²) >= 11 is 1.84. The Bertz CT molecular complexity index is 412. The van der Waals surface area contributed by atoms with E-state index in [9.17, 15) is 19.5 Å². The number of carbonyl (C=O) groups excluding carboxylic acids is 3. The highest BCUT2D eigenvalue weighted by Crippen LogP contribution is 2.30. The summed E-state index contributed by atoms with van der Waals surface area (Å²) in [5.41, 5.74) is 0. The van der Waals surface area contributed by atoms with E-state index in [4.69, 9.17) is 18.9 Å². The topological polar surface area (TPSA) is 108 Å². The molecule has 0 aromatic carbocycles. The van der Waals surface area contributed by atoms with Crippen LogP contribution >= 0.6 is 22.6 Å². The molecule has 9 heteroatoms. The van der Waals surface area contributed by atoms with Crippen LogP contribution in [0.4, 0.5) is 0 Å². The summed E-state index contributed by atoms with van der Waals surface area (Å²) in [6, 6.07) is 0. The minimum atomic E-state index is -1.25. The highest BCUT2D eigenvalue weighted by atomic mass is 127. The molecule has 1 heterocycles. The van der Waals surface area contributed by atoms with Gasteiger partial charge in [0.25, 0.3) is 0 Å². The van der Waals surface area contributed by atoms with E-state index in [1.54, 1.807) is 0 Å². The minimum Gasteiger partial charge on any atom is -0.463 e. The molecule has 0 aromatic heterocycles. The van der Waals surface area contributed by atoms with Crippen molar-refractivity contribution in [3.8, 4) is 0 Å². The first-order valence-corrected chi connectivity index (χ1v) is 7.42. The van der Waals surface area contributed by atoms with Gasteiger partial charge in [-0.05, 0) is 0 Å². The molecule has 8 nitrogen and oxygen atoms in total. The second-order valence-electron chi connectivity index (χ2n) is 4.46. The second kappa shape index (κ2) is 7.90. The van der Waals surface area contributed by atoms with Gasteiger partial charge in [-0.15, -0.1) is 0 Å². The number of ether oxygens (including phenoxy) is 4. The number of hydrogen-bond acceptors (Lipinski definition) is 8. The van der Waals surface area contributed by atoms with Gasteiger partial charge in [-0.1, -0.05) is 22.6 Å². The van der Waals surface area contributed by atoms with Crippen molar-refractivity contribution < 1.29 is 38.4 Å². The largest absolute Gasteiger partial charge is 0.463 e. The van der Waals surface area contributed by atoms with Crippen LogP contribution in [0.1, 0.15) is 20.8 Å². The Morgan fingerprint density at radius 3 is 2.05 bits per heavy atom. The molecule has 0 aliphatic carbocycles. The fourth-order valence-electron chi connectivity index (χ4n) is 1.88.